The van der Waals surface area contributed by atoms with Crippen molar-refractivity contribution in [2.24, 2.45) is 0 Å². The van der Waals surface area contributed by atoms with Crippen LogP contribution in [0.4, 0.5) is 13.2 Å². The number of halogens is 3. The number of hydrogen-bond acceptors (Lipinski definition) is 2. The summed E-state index contributed by atoms with van der Waals surface area (Å²) in [6.07, 6.45) is 6.63. The molecule has 0 spiro atoms. The lowest BCUT2D eigenvalue weighted by atomic mass is 10.0. The number of carbonyl (C=O) groups is 1. The average molecular weight is 416 g/mol. The highest BCUT2D eigenvalue weighted by atomic mass is 32.2. The van der Waals surface area contributed by atoms with E-state index in [-0.39, 0.29) is 11.5 Å². The van der Waals surface area contributed by atoms with Crippen LogP contribution in [-0.4, -0.2) is 23.1 Å². The standard InChI is InChI=1S/C22H32F3NOS/c1-2-3-4-5-6-7-8-9-10-15-20(27)26-16-17-28-21(26)18-13-11-12-14-19(18)22(23,24)25/h11-14,21H,2-10,15-17H2,1H3. The fraction of sp³-hybridized carbons (Fsp3) is 0.682. The molecule has 1 aromatic rings. The number of benzene rings is 1. The second-order valence-corrected chi connectivity index (χ2v) is 8.66. The minimum atomic E-state index is -4.40. The zero-order chi connectivity index (χ0) is 20.4. The Morgan fingerprint density at radius 3 is 2.29 bits per heavy atom. The summed E-state index contributed by atoms with van der Waals surface area (Å²) in [6, 6.07) is 5.63. The predicted octanol–water partition coefficient (Wildman–Crippen LogP) is 7.20. The summed E-state index contributed by atoms with van der Waals surface area (Å²) >= 11 is 1.42. The molecule has 1 aromatic carbocycles. The fourth-order valence-electron chi connectivity index (χ4n) is 3.68. The molecule has 0 N–H and O–H groups in total. The number of carbonyl (C=O) groups excluding carboxylic acids is 1. The van der Waals surface area contributed by atoms with Crippen LogP contribution in [0.5, 0.6) is 0 Å². The molecule has 2 rings (SSSR count). The highest BCUT2D eigenvalue weighted by Gasteiger charge is 2.39. The fourth-order valence-corrected chi connectivity index (χ4v) is 5.00. The summed E-state index contributed by atoms with van der Waals surface area (Å²) in [4.78, 5) is 14.3. The van der Waals surface area contributed by atoms with Gasteiger partial charge in [0.05, 0.1) is 5.56 Å². The minimum absolute atomic E-state index is 0.0186. The summed E-state index contributed by atoms with van der Waals surface area (Å²) in [6.45, 7) is 2.74. The number of amides is 1. The van der Waals surface area contributed by atoms with Gasteiger partial charge < -0.3 is 4.90 Å². The topological polar surface area (TPSA) is 20.3 Å². The molecule has 0 bridgehead atoms. The van der Waals surface area contributed by atoms with Gasteiger partial charge in [0.1, 0.15) is 5.37 Å². The van der Waals surface area contributed by atoms with Gasteiger partial charge in [-0.15, -0.1) is 11.8 Å². The van der Waals surface area contributed by atoms with E-state index >= 15 is 0 Å². The lowest BCUT2D eigenvalue weighted by molar-refractivity contribution is -0.139. The van der Waals surface area contributed by atoms with Gasteiger partial charge in [-0.1, -0.05) is 76.5 Å². The van der Waals surface area contributed by atoms with Crippen molar-refractivity contribution >= 4 is 17.7 Å². The average Bonchev–Trinajstić information content (AvgIpc) is 3.15. The van der Waals surface area contributed by atoms with E-state index < -0.39 is 17.1 Å². The molecule has 1 atom stereocenters. The van der Waals surface area contributed by atoms with Crippen molar-refractivity contribution in [2.45, 2.75) is 82.7 Å². The van der Waals surface area contributed by atoms with Crippen LogP contribution in [0.1, 0.15) is 87.6 Å². The highest BCUT2D eigenvalue weighted by molar-refractivity contribution is 7.99. The molecule has 1 aliphatic heterocycles. The minimum Gasteiger partial charge on any atom is -0.326 e. The molecule has 1 fully saturated rings. The van der Waals surface area contributed by atoms with Crippen molar-refractivity contribution < 1.29 is 18.0 Å². The Morgan fingerprint density at radius 2 is 1.64 bits per heavy atom. The number of hydrogen-bond donors (Lipinski definition) is 0. The molecule has 0 aromatic heterocycles. The molecular formula is C22H32F3NOS. The lowest BCUT2D eigenvalue weighted by Crippen LogP contribution is -2.31. The van der Waals surface area contributed by atoms with Gasteiger partial charge in [0.15, 0.2) is 0 Å². The number of thioether (sulfide) groups is 1. The Balaban J connectivity index is 1.79. The van der Waals surface area contributed by atoms with E-state index in [2.05, 4.69) is 6.92 Å². The first-order chi connectivity index (χ1) is 13.4. The zero-order valence-corrected chi connectivity index (χ0v) is 17.6. The summed E-state index contributed by atoms with van der Waals surface area (Å²) < 4.78 is 40.0. The van der Waals surface area contributed by atoms with Crippen LogP contribution in [-0.2, 0) is 11.0 Å². The lowest BCUT2D eigenvalue weighted by Gasteiger charge is -2.26. The number of nitrogens with zero attached hydrogens (tertiary/aromatic N) is 1. The number of unbranched alkanes of at least 4 members (excludes halogenated alkanes) is 8. The Bertz CT molecular complexity index is 606. The van der Waals surface area contributed by atoms with Crippen LogP contribution < -0.4 is 0 Å². The van der Waals surface area contributed by atoms with Crippen molar-refractivity contribution in [1.82, 2.24) is 4.90 Å². The van der Waals surface area contributed by atoms with Crippen LogP contribution in [0.2, 0.25) is 0 Å². The van der Waals surface area contributed by atoms with Gasteiger partial charge in [-0.05, 0) is 18.1 Å². The molecule has 0 saturated carbocycles. The van der Waals surface area contributed by atoms with Gasteiger partial charge in [-0.25, -0.2) is 0 Å². The number of alkyl halides is 3. The largest absolute Gasteiger partial charge is 0.416 e. The van der Waals surface area contributed by atoms with E-state index in [1.54, 1.807) is 11.0 Å². The number of rotatable bonds is 11. The normalized spacial score (nSPS) is 17.3. The molecular weight excluding hydrogens is 383 g/mol. The summed E-state index contributed by atoms with van der Waals surface area (Å²) in [5, 5.41) is -0.524. The molecule has 158 valence electrons. The van der Waals surface area contributed by atoms with Crippen molar-refractivity contribution in [1.29, 1.82) is 0 Å². The van der Waals surface area contributed by atoms with Gasteiger partial charge in [-0.3, -0.25) is 4.79 Å². The Morgan fingerprint density at radius 1 is 1.04 bits per heavy atom. The molecule has 28 heavy (non-hydrogen) atoms. The van der Waals surface area contributed by atoms with Crippen LogP contribution in [0.25, 0.3) is 0 Å². The van der Waals surface area contributed by atoms with E-state index in [4.69, 9.17) is 0 Å². The molecule has 0 aliphatic carbocycles. The van der Waals surface area contributed by atoms with E-state index in [0.717, 1.165) is 25.3 Å². The van der Waals surface area contributed by atoms with Crippen LogP contribution >= 0.6 is 11.8 Å². The molecule has 1 amide bonds. The molecule has 0 radical (unpaired) electrons. The molecule has 1 aliphatic rings. The summed E-state index contributed by atoms with van der Waals surface area (Å²) in [7, 11) is 0. The highest BCUT2D eigenvalue weighted by Crippen LogP contribution is 2.44. The third kappa shape index (κ3) is 7.02. The quantitative estimate of drug-likeness (QED) is 0.356. The first-order valence-corrected chi connectivity index (χ1v) is 11.6. The van der Waals surface area contributed by atoms with E-state index in [9.17, 15) is 18.0 Å². The van der Waals surface area contributed by atoms with E-state index in [1.165, 1.54) is 62.4 Å². The molecule has 1 unspecified atom stereocenters. The Hall–Kier alpha value is -1.17. The van der Waals surface area contributed by atoms with Crippen molar-refractivity contribution in [3.8, 4) is 0 Å². The first-order valence-electron chi connectivity index (χ1n) is 10.5. The second-order valence-electron chi connectivity index (χ2n) is 7.47. The summed E-state index contributed by atoms with van der Waals surface area (Å²) in [5.41, 5.74) is -0.423. The predicted molar refractivity (Wildman–Crippen MR) is 110 cm³/mol. The van der Waals surface area contributed by atoms with Crippen LogP contribution in [0.3, 0.4) is 0 Å². The van der Waals surface area contributed by atoms with Crippen LogP contribution in [0.15, 0.2) is 24.3 Å². The maximum atomic E-state index is 13.3. The molecule has 2 nitrogen and oxygen atoms in total. The van der Waals surface area contributed by atoms with E-state index in [1.807, 2.05) is 0 Å². The van der Waals surface area contributed by atoms with Gasteiger partial charge in [0, 0.05) is 18.7 Å². The van der Waals surface area contributed by atoms with Crippen molar-refractivity contribution in [2.75, 3.05) is 12.3 Å². The third-order valence-electron chi connectivity index (χ3n) is 5.24. The van der Waals surface area contributed by atoms with Crippen molar-refractivity contribution in [3.05, 3.63) is 35.4 Å². The van der Waals surface area contributed by atoms with Gasteiger partial charge >= 0.3 is 6.18 Å². The van der Waals surface area contributed by atoms with Gasteiger partial charge in [-0.2, -0.15) is 13.2 Å². The second kappa shape index (κ2) is 11.7. The Labute approximate surface area is 171 Å². The third-order valence-corrected chi connectivity index (χ3v) is 6.48. The maximum absolute atomic E-state index is 13.3. The van der Waals surface area contributed by atoms with Crippen molar-refractivity contribution in [3.63, 3.8) is 0 Å². The molecule has 1 saturated heterocycles. The molecule has 6 heteroatoms. The molecule has 1 heterocycles. The first kappa shape index (κ1) is 23.1. The van der Waals surface area contributed by atoms with Gasteiger partial charge in [0.2, 0.25) is 5.91 Å². The van der Waals surface area contributed by atoms with Crippen LogP contribution in [0, 0.1) is 0 Å². The smallest absolute Gasteiger partial charge is 0.326 e. The van der Waals surface area contributed by atoms with E-state index in [0.29, 0.717) is 18.7 Å². The summed E-state index contributed by atoms with van der Waals surface area (Å²) in [5.74, 6) is 0.662. The zero-order valence-electron chi connectivity index (χ0n) is 16.8. The van der Waals surface area contributed by atoms with Gasteiger partial charge in [0.25, 0.3) is 0 Å². The monoisotopic (exact) mass is 415 g/mol. The maximum Gasteiger partial charge on any atom is 0.416 e. The SMILES string of the molecule is CCCCCCCCCCCC(=O)N1CCSC1c1ccccc1C(F)(F)F. The Kier molecular flexibility index (Phi) is 9.69.